The first-order valence-electron chi connectivity index (χ1n) is 21.4. The second-order valence-electron chi connectivity index (χ2n) is 15.7. The topological polar surface area (TPSA) is 115 Å². The van der Waals surface area contributed by atoms with E-state index in [2.05, 4.69) is 88.3 Å². The van der Waals surface area contributed by atoms with Crippen LogP contribution in [0.1, 0.15) is 70.7 Å². The van der Waals surface area contributed by atoms with Gasteiger partial charge in [-0.1, -0.05) is 120 Å². The minimum Gasteiger partial charge on any atom is -0.497 e. The predicted octanol–water partition coefficient (Wildman–Crippen LogP) is 16.3. The average Bonchev–Trinajstić information content (AvgIpc) is 3.29. The number of amides is 1. The van der Waals surface area contributed by atoms with Gasteiger partial charge >= 0.3 is 0 Å². The molecule has 0 aromatic heterocycles. The van der Waals surface area contributed by atoms with Crippen molar-refractivity contribution in [2.45, 2.75) is 53.6 Å². The minimum absolute atomic E-state index is 0.130. The molecule has 0 aliphatic rings. The van der Waals surface area contributed by atoms with Gasteiger partial charge in [0.05, 0.1) is 37.0 Å². The van der Waals surface area contributed by atoms with Crippen molar-refractivity contribution in [1.29, 1.82) is 0 Å². The molecule has 5 atom stereocenters. The molecule has 6 rings (SSSR count). The highest BCUT2D eigenvalue weighted by Gasteiger charge is 2.12. The second kappa shape index (κ2) is 34.6. The Morgan fingerprint density at radius 3 is 1.41 bits per heavy atom. The molecule has 68 heavy (non-hydrogen) atoms. The molecule has 8 nitrogen and oxygen atoms in total. The van der Waals surface area contributed by atoms with Crippen molar-refractivity contribution in [2.75, 3.05) is 35.9 Å². The zero-order valence-corrected chi connectivity index (χ0v) is 49.3. The molecule has 0 saturated carbocycles. The number of nitrogens with one attached hydrogen (secondary N) is 3. The lowest BCUT2D eigenvalue weighted by molar-refractivity contribution is 0.102. The zero-order valence-electron chi connectivity index (χ0n) is 39.4. The molecule has 1 amide bonds. The Hall–Kier alpha value is -2.66. The van der Waals surface area contributed by atoms with Gasteiger partial charge in [0, 0.05) is 46.4 Å². The van der Waals surface area contributed by atoms with E-state index in [1.54, 1.807) is 38.5 Å². The van der Waals surface area contributed by atoms with Gasteiger partial charge in [0.25, 0.3) is 11.1 Å². The molecule has 5 N–H and O–H groups in total. The lowest BCUT2D eigenvalue weighted by Crippen LogP contribution is -2.14. The normalized spacial score (nSPS) is 10.2. The number of rotatable bonds is 15. The minimum atomic E-state index is -0.393. The third kappa shape index (κ3) is 24.9. The number of methoxy groups -OCH3 is 2. The SMILES string of the molecule is CC(C)Cc1ccc(C(=O)Cl)cc1.COc1ccc(NCc2ccccc2Cl)c(N)c1.COc1ccc(NCc2ccccc2Cl)c(NC(=O)c2ccc(CC(C)C)cc2)c1.PP(P)P.PPP. The molecule has 18 heteroatoms. The summed E-state index contributed by atoms with van der Waals surface area (Å²) in [5.74, 6) is 2.46. The summed E-state index contributed by atoms with van der Waals surface area (Å²) in [6.07, 6.45) is 2.03. The maximum absolute atomic E-state index is 12.8. The van der Waals surface area contributed by atoms with Crippen LogP contribution in [0, 0.1) is 11.8 Å². The molecule has 0 aliphatic heterocycles. The highest BCUT2D eigenvalue weighted by Crippen LogP contribution is 2.59. The van der Waals surface area contributed by atoms with Crippen molar-refractivity contribution in [3.05, 3.63) is 177 Å². The van der Waals surface area contributed by atoms with Crippen molar-refractivity contribution >= 4 is 128 Å². The third-order valence-corrected chi connectivity index (χ3v) is 10.2. The highest BCUT2D eigenvalue weighted by atomic mass is 35.5. The molecule has 5 unspecified atom stereocenters. The maximum atomic E-state index is 12.8. The van der Waals surface area contributed by atoms with Crippen molar-refractivity contribution < 1.29 is 19.1 Å². The lowest BCUT2D eigenvalue weighted by atomic mass is 10.0. The summed E-state index contributed by atoms with van der Waals surface area (Å²) in [6, 6.07) is 41.7. The van der Waals surface area contributed by atoms with Crippen LogP contribution in [0.2, 0.25) is 10.0 Å². The number of carbonyl (C=O) groups excluding carboxylic acids is 2. The standard InChI is InChI=1S/C25H27ClN2O2.C14H15ClN2O.C11H13ClO.H6P4.H5P3/c1-17(2)14-18-8-10-19(11-9-18)25(29)28-24-15-21(30-3)12-13-23(24)27-16-20-6-4-5-7-22(20)26;1-18-11-6-7-14(13(16)8-11)17-9-10-4-2-3-5-12(10)15;1-8(2)7-9-3-5-10(6-4-9)11(12)13;1-4(2)3;1-3-2/h4-13,15,17,27H,14,16H2,1-3H3,(H,28,29);2-8,17H,9,16H2,1H3;3-6,8H,7H2,1-2H3;1-3H2;3H,1-2H2. The molecule has 0 fully saturated rings. The Morgan fingerprint density at radius 2 is 1.01 bits per heavy atom. The number of anilines is 4. The number of nitrogens with two attached hydrogens (primary N) is 1. The summed E-state index contributed by atoms with van der Waals surface area (Å²) in [6.45, 7) is 10.0. The first-order chi connectivity index (χ1) is 32.4. The monoisotopic (exact) mass is 1110 g/mol. The molecule has 0 bridgehead atoms. The van der Waals surface area contributed by atoms with Gasteiger partial charge in [-0.15, -0.1) is 44.6 Å². The number of halogens is 3. The van der Waals surface area contributed by atoms with Crippen molar-refractivity contribution in [3.63, 3.8) is 0 Å². The van der Waals surface area contributed by atoms with E-state index in [0.29, 0.717) is 58.2 Å². The van der Waals surface area contributed by atoms with Gasteiger partial charge in [-0.3, -0.25) is 9.59 Å². The van der Waals surface area contributed by atoms with Gasteiger partial charge in [0.2, 0.25) is 0 Å². The fourth-order valence-electron chi connectivity index (χ4n) is 6.10. The van der Waals surface area contributed by atoms with E-state index >= 15 is 0 Å². The van der Waals surface area contributed by atoms with Gasteiger partial charge in [-0.25, -0.2) is 0 Å². The number of ether oxygens (including phenoxy) is 2. The van der Waals surface area contributed by atoms with Crippen molar-refractivity contribution in [3.8, 4) is 11.5 Å². The molecule has 0 aliphatic carbocycles. The van der Waals surface area contributed by atoms with Crippen LogP contribution in [-0.2, 0) is 25.9 Å². The smallest absolute Gasteiger partial charge is 0.255 e. The van der Waals surface area contributed by atoms with Crippen LogP contribution in [0.15, 0.2) is 133 Å². The van der Waals surface area contributed by atoms with Gasteiger partial charge in [-0.2, -0.15) is 0 Å². The summed E-state index contributed by atoms with van der Waals surface area (Å²) in [5, 5.41) is 10.7. The van der Waals surface area contributed by atoms with E-state index in [9.17, 15) is 9.59 Å². The molecule has 0 radical (unpaired) electrons. The van der Waals surface area contributed by atoms with E-state index < -0.39 is 5.24 Å². The predicted molar refractivity (Wildman–Crippen MR) is 320 cm³/mol. The van der Waals surface area contributed by atoms with Crippen LogP contribution < -0.4 is 31.2 Å². The number of hydrogen-bond donors (Lipinski definition) is 4. The van der Waals surface area contributed by atoms with Crippen molar-refractivity contribution in [1.82, 2.24) is 0 Å². The summed E-state index contributed by atoms with van der Waals surface area (Å²) < 4.78 is 10.4. The number of hydrogen-bond acceptors (Lipinski definition) is 7. The average molecular weight is 1110 g/mol. The third-order valence-electron chi connectivity index (χ3n) is 9.27. The number of benzene rings is 6. The van der Waals surface area contributed by atoms with Gasteiger partial charge < -0.3 is 31.2 Å². The summed E-state index contributed by atoms with van der Waals surface area (Å²) in [7, 11) is 17.2. The van der Waals surface area contributed by atoms with Crippen LogP contribution in [-0.4, -0.2) is 25.4 Å². The molecular formula is C50H66Cl3N4O4P7. The quantitative estimate of drug-likeness (QED) is 0.0460. The van der Waals surface area contributed by atoms with Gasteiger partial charge in [0.1, 0.15) is 11.5 Å². The van der Waals surface area contributed by atoms with Gasteiger partial charge in [-0.05, 0) is 126 Å². The van der Waals surface area contributed by atoms with Crippen molar-refractivity contribution in [2.24, 2.45) is 11.8 Å². The van der Waals surface area contributed by atoms with Crippen LogP contribution in [0.5, 0.6) is 11.5 Å². The molecule has 0 spiro atoms. The first kappa shape index (κ1) is 61.5. The fraction of sp³-hybridized carbons (Fsp3) is 0.240. The molecular weight excluding hydrogens is 1040 g/mol. The molecule has 0 heterocycles. The van der Waals surface area contributed by atoms with Crippen LogP contribution in [0.4, 0.5) is 22.7 Å². The van der Waals surface area contributed by atoms with Crippen LogP contribution in [0.25, 0.3) is 0 Å². The first-order valence-corrected chi connectivity index (χ1v) is 33.3. The summed E-state index contributed by atoms with van der Waals surface area (Å²) in [5.41, 5.74) is 14.6. The Labute approximate surface area is 434 Å². The van der Waals surface area contributed by atoms with E-state index in [4.69, 9.17) is 50.0 Å². The lowest BCUT2D eigenvalue weighted by Gasteiger charge is -2.15. The number of carbonyl (C=O) groups is 2. The molecule has 6 aromatic carbocycles. The Balaban J connectivity index is 0.000000353. The van der Waals surface area contributed by atoms with E-state index in [0.717, 1.165) is 54.1 Å². The largest absolute Gasteiger partial charge is 0.497 e. The second-order valence-corrected chi connectivity index (χ2v) is 32.8. The summed E-state index contributed by atoms with van der Waals surface area (Å²) in [4.78, 5) is 23.6. The van der Waals surface area contributed by atoms with E-state index in [1.165, 1.54) is 11.1 Å². The van der Waals surface area contributed by atoms with Gasteiger partial charge in [0.15, 0.2) is 0 Å². The van der Waals surface area contributed by atoms with Crippen LogP contribution in [0.3, 0.4) is 0 Å². The Kier molecular flexibility index (Phi) is 31.3. The number of nitrogen functional groups attached to an aromatic ring is 1. The Bertz CT molecular complexity index is 2410. The zero-order chi connectivity index (χ0) is 50.6. The molecule has 6 aromatic rings. The maximum Gasteiger partial charge on any atom is 0.255 e. The highest BCUT2D eigenvalue weighted by molar-refractivity contribution is 8.65. The summed E-state index contributed by atoms with van der Waals surface area (Å²) >= 11 is 17.7. The van der Waals surface area contributed by atoms with E-state index in [1.807, 2.05) is 109 Å². The fourth-order valence-corrected chi connectivity index (χ4v) is 6.63. The Morgan fingerprint density at radius 1 is 0.618 bits per heavy atom. The van der Waals surface area contributed by atoms with Crippen LogP contribution >= 0.6 is 94.4 Å². The molecule has 366 valence electrons. The van der Waals surface area contributed by atoms with E-state index in [-0.39, 0.29) is 12.9 Å². The molecule has 0 saturated heterocycles.